The Hall–Kier alpha value is -2.31. The highest BCUT2D eigenvalue weighted by Crippen LogP contribution is 2.31. The average Bonchev–Trinajstić information content (AvgIpc) is 2.51. The minimum Gasteiger partial charge on any atom is -0.354 e. The monoisotopic (exact) mass is 324 g/mol. The van der Waals surface area contributed by atoms with E-state index in [-0.39, 0.29) is 0 Å². The number of aromatic nitrogens is 2. The topological polar surface area (TPSA) is 49.8 Å². The summed E-state index contributed by atoms with van der Waals surface area (Å²) in [6.07, 6.45) is 0.459. The van der Waals surface area contributed by atoms with Gasteiger partial charge in [0.2, 0.25) is 5.95 Å². The van der Waals surface area contributed by atoms with E-state index in [4.69, 9.17) is 0 Å². The number of unbranched alkanes of at least 4 members (excludes halogenated alkanes) is 2. The number of nitrogens with zero attached hydrogens (tertiary/aromatic N) is 2. The number of hydrogen-bond acceptors (Lipinski definition) is 4. The Morgan fingerprint density at radius 2 is 1.96 bits per heavy atom. The third-order valence-electron chi connectivity index (χ3n) is 3.18. The van der Waals surface area contributed by atoms with Crippen LogP contribution in [-0.2, 0) is 6.18 Å². The van der Waals surface area contributed by atoms with Crippen LogP contribution in [0.25, 0.3) is 0 Å². The van der Waals surface area contributed by atoms with Crippen LogP contribution in [0.3, 0.4) is 0 Å². The Morgan fingerprint density at radius 1 is 1.13 bits per heavy atom. The Bertz CT molecular complexity index is 629. The lowest BCUT2D eigenvalue weighted by molar-refractivity contribution is -0.137. The molecule has 0 bridgehead atoms. The zero-order valence-corrected chi connectivity index (χ0v) is 12.8. The number of rotatable bonds is 7. The number of halogens is 3. The van der Waals surface area contributed by atoms with E-state index in [1.807, 2.05) is 0 Å². The first-order valence-corrected chi connectivity index (χ1v) is 7.50. The second-order valence-electron chi connectivity index (χ2n) is 5.10. The molecular formula is C16H19F3N4. The van der Waals surface area contributed by atoms with E-state index < -0.39 is 11.7 Å². The van der Waals surface area contributed by atoms with Crippen LogP contribution < -0.4 is 10.6 Å². The highest BCUT2D eigenvalue weighted by molar-refractivity contribution is 5.58. The van der Waals surface area contributed by atoms with Crippen molar-refractivity contribution in [2.75, 3.05) is 17.2 Å². The van der Waals surface area contributed by atoms with Crippen LogP contribution in [0.5, 0.6) is 0 Å². The fraction of sp³-hybridized carbons (Fsp3) is 0.375. The van der Waals surface area contributed by atoms with Gasteiger partial charge in [-0.2, -0.15) is 18.2 Å². The lowest BCUT2D eigenvalue weighted by Crippen LogP contribution is -2.07. The summed E-state index contributed by atoms with van der Waals surface area (Å²) in [7, 11) is 0. The van der Waals surface area contributed by atoms with Gasteiger partial charge >= 0.3 is 6.18 Å². The maximum atomic E-state index is 12.7. The quantitative estimate of drug-likeness (QED) is 0.716. The third-order valence-corrected chi connectivity index (χ3v) is 3.18. The molecule has 0 unspecified atom stereocenters. The van der Waals surface area contributed by atoms with E-state index in [0.29, 0.717) is 17.5 Å². The van der Waals surface area contributed by atoms with Gasteiger partial charge in [0, 0.05) is 18.4 Å². The molecule has 0 aliphatic heterocycles. The van der Waals surface area contributed by atoms with E-state index in [0.717, 1.165) is 37.9 Å². The Kier molecular flexibility index (Phi) is 5.78. The molecule has 0 amide bonds. The summed E-state index contributed by atoms with van der Waals surface area (Å²) in [5.41, 5.74) is -0.370. The molecule has 124 valence electrons. The molecule has 1 aromatic heterocycles. The van der Waals surface area contributed by atoms with Crippen molar-refractivity contribution in [2.45, 2.75) is 32.4 Å². The first-order valence-electron chi connectivity index (χ1n) is 7.50. The van der Waals surface area contributed by atoms with Gasteiger partial charge in [0.25, 0.3) is 0 Å². The van der Waals surface area contributed by atoms with Gasteiger partial charge in [-0.3, -0.25) is 0 Å². The van der Waals surface area contributed by atoms with Crippen molar-refractivity contribution in [1.29, 1.82) is 0 Å². The second kappa shape index (κ2) is 7.80. The number of alkyl halides is 3. The zero-order valence-electron chi connectivity index (χ0n) is 12.8. The normalized spacial score (nSPS) is 11.3. The molecule has 0 fully saturated rings. The number of hydrogen-bond donors (Lipinski definition) is 2. The summed E-state index contributed by atoms with van der Waals surface area (Å²) in [5, 5.41) is 5.97. The molecule has 2 rings (SSSR count). The summed E-state index contributed by atoms with van der Waals surface area (Å²) < 4.78 is 38.1. The standard InChI is InChI=1S/C16H19F3N4/c1-2-3-4-9-20-15-21-10-8-14(23-15)22-13-7-5-6-12(11-13)16(17,18)19/h5-8,10-11H,2-4,9H2,1H3,(H2,20,21,22,23). The number of nitrogens with one attached hydrogen (secondary N) is 2. The van der Waals surface area contributed by atoms with Gasteiger partial charge in [-0.15, -0.1) is 0 Å². The largest absolute Gasteiger partial charge is 0.416 e. The van der Waals surface area contributed by atoms with Gasteiger partial charge in [0.15, 0.2) is 0 Å². The van der Waals surface area contributed by atoms with Crippen LogP contribution in [0.15, 0.2) is 36.5 Å². The molecule has 0 aliphatic rings. The molecular weight excluding hydrogens is 305 g/mol. The molecule has 7 heteroatoms. The highest BCUT2D eigenvalue weighted by atomic mass is 19.4. The minimum atomic E-state index is -4.37. The van der Waals surface area contributed by atoms with E-state index >= 15 is 0 Å². The van der Waals surface area contributed by atoms with Crippen molar-refractivity contribution in [3.63, 3.8) is 0 Å². The van der Waals surface area contributed by atoms with Crippen LogP contribution in [0, 0.1) is 0 Å². The van der Waals surface area contributed by atoms with E-state index in [1.54, 1.807) is 18.3 Å². The predicted molar refractivity (Wildman–Crippen MR) is 84.8 cm³/mol. The second-order valence-corrected chi connectivity index (χ2v) is 5.10. The van der Waals surface area contributed by atoms with Crippen LogP contribution in [0.2, 0.25) is 0 Å². The van der Waals surface area contributed by atoms with Gasteiger partial charge < -0.3 is 10.6 Å². The van der Waals surface area contributed by atoms with Gasteiger partial charge in [-0.1, -0.05) is 25.8 Å². The molecule has 2 aromatic rings. The molecule has 0 atom stereocenters. The maximum absolute atomic E-state index is 12.7. The molecule has 0 aliphatic carbocycles. The maximum Gasteiger partial charge on any atom is 0.416 e. The molecule has 1 aromatic carbocycles. The molecule has 0 spiro atoms. The van der Waals surface area contributed by atoms with E-state index in [9.17, 15) is 13.2 Å². The first-order chi connectivity index (χ1) is 11.0. The highest BCUT2D eigenvalue weighted by Gasteiger charge is 2.30. The van der Waals surface area contributed by atoms with E-state index in [2.05, 4.69) is 27.5 Å². The summed E-state index contributed by atoms with van der Waals surface area (Å²) >= 11 is 0. The number of benzene rings is 1. The van der Waals surface area contributed by atoms with Gasteiger partial charge in [0.05, 0.1) is 5.56 Å². The zero-order chi connectivity index (χ0) is 16.7. The number of anilines is 3. The predicted octanol–water partition coefficient (Wildman–Crippen LogP) is 4.84. The minimum absolute atomic E-state index is 0.329. The van der Waals surface area contributed by atoms with E-state index in [1.165, 1.54) is 6.07 Å². The first kappa shape index (κ1) is 17.1. The Labute approximate surface area is 133 Å². The van der Waals surface area contributed by atoms with Crippen molar-refractivity contribution >= 4 is 17.5 Å². The fourth-order valence-electron chi connectivity index (χ4n) is 2.01. The molecule has 0 saturated heterocycles. The van der Waals surface area contributed by atoms with Crippen LogP contribution in [0.4, 0.5) is 30.6 Å². The Balaban J connectivity index is 2.03. The smallest absolute Gasteiger partial charge is 0.354 e. The van der Waals surface area contributed by atoms with Crippen molar-refractivity contribution in [3.05, 3.63) is 42.1 Å². The SMILES string of the molecule is CCCCCNc1nccc(Nc2cccc(C(F)(F)F)c2)n1. The molecule has 0 radical (unpaired) electrons. The average molecular weight is 324 g/mol. The summed E-state index contributed by atoms with van der Waals surface area (Å²) in [5.74, 6) is 0.899. The van der Waals surface area contributed by atoms with Gasteiger partial charge in [-0.05, 0) is 30.7 Å². The van der Waals surface area contributed by atoms with Crippen molar-refractivity contribution in [3.8, 4) is 0 Å². The van der Waals surface area contributed by atoms with Crippen LogP contribution >= 0.6 is 0 Å². The molecule has 1 heterocycles. The van der Waals surface area contributed by atoms with Gasteiger partial charge in [-0.25, -0.2) is 4.98 Å². The fourth-order valence-corrected chi connectivity index (χ4v) is 2.01. The van der Waals surface area contributed by atoms with Crippen molar-refractivity contribution in [2.24, 2.45) is 0 Å². The van der Waals surface area contributed by atoms with Crippen molar-refractivity contribution < 1.29 is 13.2 Å². The Morgan fingerprint density at radius 3 is 2.70 bits per heavy atom. The molecule has 0 saturated carbocycles. The third kappa shape index (κ3) is 5.43. The van der Waals surface area contributed by atoms with Crippen molar-refractivity contribution in [1.82, 2.24) is 9.97 Å². The van der Waals surface area contributed by atoms with Crippen LogP contribution in [-0.4, -0.2) is 16.5 Å². The molecule has 23 heavy (non-hydrogen) atoms. The molecule has 2 N–H and O–H groups in total. The lowest BCUT2D eigenvalue weighted by atomic mass is 10.2. The lowest BCUT2D eigenvalue weighted by Gasteiger charge is -2.11. The molecule has 4 nitrogen and oxygen atoms in total. The summed E-state index contributed by atoms with van der Waals surface area (Å²) in [6, 6.07) is 6.61. The summed E-state index contributed by atoms with van der Waals surface area (Å²) in [4.78, 5) is 8.34. The van der Waals surface area contributed by atoms with Gasteiger partial charge in [0.1, 0.15) is 5.82 Å². The van der Waals surface area contributed by atoms with Crippen LogP contribution in [0.1, 0.15) is 31.7 Å². The summed E-state index contributed by atoms with van der Waals surface area (Å²) in [6.45, 7) is 2.89.